The van der Waals surface area contributed by atoms with Gasteiger partial charge >= 0.3 is 6.09 Å². The minimum absolute atomic E-state index is 0.0726. The molecule has 1 aliphatic rings. The Bertz CT molecular complexity index is 427. The summed E-state index contributed by atoms with van der Waals surface area (Å²) in [5, 5.41) is 11.6. The Hall–Kier alpha value is -1.99. The molecular formula is C15H29N5O3. The number of hydrogen-bond donors (Lipinski definition) is 4. The van der Waals surface area contributed by atoms with Crippen LogP contribution < -0.4 is 21.3 Å². The summed E-state index contributed by atoms with van der Waals surface area (Å²) in [6.45, 7) is 9.04. The average molecular weight is 327 g/mol. The maximum atomic E-state index is 11.6. The molecule has 0 radical (unpaired) electrons. The lowest BCUT2D eigenvalue weighted by Gasteiger charge is -2.19. The van der Waals surface area contributed by atoms with Gasteiger partial charge in [-0.1, -0.05) is 0 Å². The van der Waals surface area contributed by atoms with Crippen molar-refractivity contribution in [1.82, 2.24) is 21.3 Å². The highest BCUT2D eigenvalue weighted by Gasteiger charge is 2.22. The molecule has 0 aromatic carbocycles. The summed E-state index contributed by atoms with van der Waals surface area (Å²) in [4.78, 5) is 27.3. The topological polar surface area (TPSA) is 104 Å². The van der Waals surface area contributed by atoms with E-state index < -0.39 is 11.7 Å². The lowest BCUT2D eigenvalue weighted by atomic mass is 10.2. The van der Waals surface area contributed by atoms with Gasteiger partial charge in [-0.05, 0) is 40.5 Å². The van der Waals surface area contributed by atoms with Crippen molar-refractivity contribution >= 4 is 18.0 Å². The number of alkyl carbamates (subject to hydrolysis) is 1. The van der Waals surface area contributed by atoms with Gasteiger partial charge in [0.15, 0.2) is 5.96 Å². The van der Waals surface area contributed by atoms with Gasteiger partial charge in [0.05, 0.1) is 0 Å². The first-order valence-electron chi connectivity index (χ1n) is 8.08. The van der Waals surface area contributed by atoms with Gasteiger partial charge in [0, 0.05) is 25.7 Å². The molecular weight excluding hydrogens is 298 g/mol. The van der Waals surface area contributed by atoms with E-state index in [1.807, 2.05) is 27.7 Å². The number of carbonyl (C=O) groups excluding carboxylic acids is 2. The normalized spacial score (nSPS) is 14.9. The van der Waals surface area contributed by atoms with Crippen molar-refractivity contribution in [2.45, 2.75) is 52.2 Å². The molecule has 8 nitrogen and oxygen atoms in total. The van der Waals surface area contributed by atoms with E-state index in [4.69, 9.17) is 4.74 Å². The first-order chi connectivity index (χ1) is 10.8. The highest BCUT2D eigenvalue weighted by molar-refractivity contribution is 5.85. The zero-order chi connectivity index (χ0) is 17.3. The molecule has 0 spiro atoms. The molecule has 0 atom stereocenters. The van der Waals surface area contributed by atoms with Gasteiger partial charge in [0.1, 0.15) is 12.1 Å². The van der Waals surface area contributed by atoms with Gasteiger partial charge in [-0.3, -0.25) is 4.79 Å². The largest absolute Gasteiger partial charge is 0.444 e. The van der Waals surface area contributed by atoms with Crippen molar-refractivity contribution in [3.8, 4) is 0 Å². The molecule has 0 aromatic rings. The van der Waals surface area contributed by atoms with Gasteiger partial charge in [0.2, 0.25) is 5.91 Å². The second-order valence-corrected chi connectivity index (χ2v) is 6.39. The number of guanidine groups is 1. The number of carbonyl (C=O) groups is 2. The van der Waals surface area contributed by atoms with Crippen molar-refractivity contribution in [2.75, 3.05) is 26.2 Å². The zero-order valence-electron chi connectivity index (χ0n) is 14.5. The average Bonchev–Trinajstić information content (AvgIpc) is 3.22. The Kier molecular flexibility index (Phi) is 7.64. The SMILES string of the molecule is CCNC(=NCC(=O)NC1CC1)NCCNC(=O)OC(C)(C)C. The zero-order valence-corrected chi connectivity index (χ0v) is 14.5. The highest BCUT2D eigenvalue weighted by Crippen LogP contribution is 2.18. The minimum Gasteiger partial charge on any atom is -0.444 e. The summed E-state index contributed by atoms with van der Waals surface area (Å²) < 4.78 is 5.14. The smallest absolute Gasteiger partial charge is 0.407 e. The number of rotatable bonds is 7. The molecule has 0 bridgehead atoms. The molecule has 4 N–H and O–H groups in total. The number of aliphatic imine (C=N–C) groups is 1. The van der Waals surface area contributed by atoms with Crippen molar-refractivity contribution in [3.63, 3.8) is 0 Å². The van der Waals surface area contributed by atoms with Crippen LogP contribution in [0.2, 0.25) is 0 Å². The van der Waals surface area contributed by atoms with Crippen LogP contribution in [0.15, 0.2) is 4.99 Å². The van der Waals surface area contributed by atoms with Crippen molar-refractivity contribution in [2.24, 2.45) is 4.99 Å². The van der Waals surface area contributed by atoms with Gasteiger partial charge in [-0.25, -0.2) is 9.79 Å². The Morgan fingerprint density at radius 3 is 2.35 bits per heavy atom. The fraction of sp³-hybridized carbons (Fsp3) is 0.800. The van der Waals surface area contributed by atoms with E-state index in [0.29, 0.717) is 31.6 Å². The summed E-state index contributed by atoms with van der Waals surface area (Å²) in [5.74, 6) is 0.473. The standard InChI is InChI=1S/C15H29N5O3/c1-5-16-13(19-10-12(21)20-11-6-7-11)17-8-9-18-14(22)23-15(2,3)4/h11H,5-10H2,1-4H3,(H,18,22)(H,20,21)(H2,16,17,19). The van der Waals surface area contributed by atoms with Crippen LogP contribution in [0.3, 0.4) is 0 Å². The van der Waals surface area contributed by atoms with Crippen LogP contribution >= 0.6 is 0 Å². The van der Waals surface area contributed by atoms with Crippen LogP contribution in [0.1, 0.15) is 40.5 Å². The lowest BCUT2D eigenvalue weighted by Crippen LogP contribution is -2.43. The maximum Gasteiger partial charge on any atom is 0.407 e. The summed E-state index contributed by atoms with van der Waals surface area (Å²) >= 11 is 0. The molecule has 8 heteroatoms. The molecule has 0 saturated heterocycles. The first-order valence-corrected chi connectivity index (χ1v) is 8.08. The third-order valence-electron chi connectivity index (χ3n) is 2.75. The Morgan fingerprint density at radius 2 is 1.78 bits per heavy atom. The fourth-order valence-corrected chi connectivity index (χ4v) is 1.65. The van der Waals surface area contributed by atoms with Crippen LogP contribution in [-0.2, 0) is 9.53 Å². The number of hydrogen-bond acceptors (Lipinski definition) is 4. The monoisotopic (exact) mass is 327 g/mol. The molecule has 1 aliphatic carbocycles. The molecule has 1 saturated carbocycles. The van der Waals surface area contributed by atoms with Gasteiger partial charge < -0.3 is 26.0 Å². The van der Waals surface area contributed by atoms with E-state index in [0.717, 1.165) is 12.8 Å². The van der Waals surface area contributed by atoms with E-state index in [1.54, 1.807) is 0 Å². The maximum absolute atomic E-state index is 11.6. The number of amides is 2. The van der Waals surface area contributed by atoms with Crippen molar-refractivity contribution in [1.29, 1.82) is 0 Å². The van der Waals surface area contributed by atoms with Gasteiger partial charge in [-0.2, -0.15) is 0 Å². The molecule has 1 fully saturated rings. The summed E-state index contributed by atoms with van der Waals surface area (Å²) in [6, 6.07) is 0.339. The summed E-state index contributed by atoms with van der Waals surface area (Å²) in [6.07, 6.45) is 1.67. The molecule has 23 heavy (non-hydrogen) atoms. The van der Waals surface area contributed by atoms with Crippen LogP contribution in [0.4, 0.5) is 4.79 Å². The number of ether oxygens (including phenoxy) is 1. The Morgan fingerprint density at radius 1 is 1.13 bits per heavy atom. The number of nitrogens with one attached hydrogen (secondary N) is 4. The Labute approximate surface area is 137 Å². The fourth-order valence-electron chi connectivity index (χ4n) is 1.65. The van der Waals surface area contributed by atoms with E-state index in [9.17, 15) is 9.59 Å². The second kappa shape index (κ2) is 9.22. The molecule has 2 amide bonds. The predicted octanol–water partition coefficient (Wildman–Crippen LogP) is 0.345. The minimum atomic E-state index is -0.511. The van der Waals surface area contributed by atoms with Crippen LogP contribution in [-0.4, -0.2) is 55.8 Å². The molecule has 0 aromatic heterocycles. The molecule has 0 heterocycles. The third kappa shape index (κ3) is 10.4. The lowest BCUT2D eigenvalue weighted by molar-refractivity contribution is -0.119. The van der Waals surface area contributed by atoms with E-state index in [2.05, 4.69) is 26.3 Å². The van der Waals surface area contributed by atoms with E-state index in [-0.39, 0.29) is 12.5 Å². The second-order valence-electron chi connectivity index (χ2n) is 6.39. The first kappa shape index (κ1) is 19.1. The third-order valence-corrected chi connectivity index (χ3v) is 2.75. The molecule has 132 valence electrons. The number of nitrogens with zero attached hydrogens (tertiary/aromatic N) is 1. The van der Waals surface area contributed by atoms with E-state index in [1.165, 1.54) is 0 Å². The molecule has 1 rings (SSSR count). The van der Waals surface area contributed by atoms with Crippen LogP contribution in [0.25, 0.3) is 0 Å². The molecule has 0 unspecified atom stereocenters. The molecule has 0 aliphatic heterocycles. The predicted molar refractivity (Wildman–Crippen MR) is 89.4 cm³/mol. The summed E-state index contributed by atoms with van der Waals surface area (Å²) in [5.41, 5.74) is -0.511. The highest BCUT2D eigenvalue weighted by atomic mass is 16.6. The van der Waals surface area contributed by atoms with Gasteiger partial charge in [0.25, 0.3) is 0 Å². The van der Waals surface area contributed by atoms with Crippen molar-refractivity contribution in [3.05, 3.63) is 0 Å². The summed E-state index contributed by atoms with van der Waals surface area (Å²) in [7, 11) is 0. The van der Waals surface area contributed by atoms with E-state index >= 15 is 0 Å². The quantitative estimate of drug-likeness (QED) is 0.307. The van der Waals surface area contributed by atoms with Crippen LogP contribution in [0, 0.1) is 0 Å². The Balaban J connectivity index is 2.23. The van der Waals surface area contributed by atoms with Crippen LogP contribution in [0.5, 0.6) is 0 Å². The van der Waals surface area contributed by atoms with Crippen molar-refractivity contribution < 1.29 is 14.3 Å². The van der Waals surface area contributed by atoms with Gasteiger partial charge in [-0.15, -0.1) is 0 Å².